The van der Waals surface area contributed by atoms with Crippen LogP contribution in [0.25, 0.3) is 0 Å². The fourth-order valence-electron chi connectivity index (χ4n) is 2.07. The molecule has 1 atom stereocenters. The SMILES string of the molecule is Cc1cccc(C2(C)NC(=NCC(C)C)NC2=O)c1. The minimum atomic E-state index is -0.734. The molecule has 1 fully saturated rings. The second-order valence-corrected chi connectivity index (χ2v) is 5.66. The van der Waals surface area contributed by atoms with Gasteiger partial charge in [-0.1, -0.05) is 43.7 Å². The average Bonchev–Trinajstić information content (AvgIpc) is 2.64. The summed E-state index contributed by atoms with van der Waals surface area (Å²) in [7, 11) is 0. The van der Waals surface area contributed by atoms with Gasteiger partial charge in [-0.05, 0) is 25.3 Å². The van der Waals surface area contributed by atoms with E-state index in [-0.39, 0.29) is 5.91 Å². The van der Waals surface area contributed by atoms with E-state index in [9.17, 15) is 4.79 Å². The Kier molecular flexibility index (Phi) is 3.60. The van der Waals surface area contributed by atoms with Crippen LogP contribution in [-0.2, 0) is 10.3 Å². The highest BCUT2D eigenvalue weighted by atomic mass is 16.2. The van der Waals surface area contributed by atoms with Gasteiger partial charge in [0.1, 0.15) is 5.54 Å². The molecular weight excluding hydrogens is 238 g/mol. The van der Waals surface area contributed by atoms with Crippen molar-refractivity contribution in [1.82, 2.24) is 10.6 Å². The van der Waals surface area contributed by atoms with Crippen molar-refractivity contribution in [2.75, 3.05) is 6.54 Å². The lowest BCUT2D eigenvalue weighted by Gasteiger charge is -2.22. The number of rotatable bonds is 3. The number of guanidine groups is 1. The summed E-state index contributed by atoms with van der Waals surface area (Å²) in [4.78, 5) is 16.6. The summed E-state index contributed by atoms with van der Waals surface area (Å²) >= 11 is 0. The molecule has 0 aliphatic carbocycles. The lowest BCUT2D eigenvalue weighted by Crippen LogP contribution is -2.40. The molecule has 102 valence electrons. The summed E-state index contributed by atoms with van der Waals surface area (Å²) in [6.07, 6.45) is 0. The summed E-state index contributed by atoms with van der Waals surface area (Å²) in [5, 5.41) is 6.02. The monoisotopic (exact) mass is 259 g/mol. The van der Waals surface area contributed by atoms with Gasteiger partial charge in [0, 0.05) is 6.54 Å². The molecule has 19 heavy (non-hydrogen) atoms. The first-order chi connectivity index (χ1) is 8.91. The number of nitrogens with one attached hydrogen (secondary N) is 2. The molecule has 0 spiro atoms. The molecule has 1 aliphatic heterocycles. The number of carbonyl (C=O) groups excluding carboxylic acids is 1. The molecule has 0 radical (unpaired) electrons. The van der Waals surface area contributed by atoms with E-state index < -0.39 is 5.54 Å². The Morgan fingerprint density at radius 1 is 1.37 bits per heavy atom. The van der Waals surface area contributed by atoms with E-state index in [0.29, 0.717) is 18.4 Å². The van der Waals surface area contributed by atoms with Crippen molar-refractivity contribution in [3.63, 3.8) is 0 Å². The topological polar surface area (TPSA) is 53.5 Å². The fraction of sp³-hybridized carbons (Fsp3) is 0.467. The summed E-state index contributed by atoms with van der Waals surface area (Å²) in [6.45, 7) is 8.80. The molecule has 2 N–H and O–H groups in total. The Morgan fingerprint density at radius 2 is 2.11 bits per heavy atom. The Labute approximate surface area is 114 Å². The van der Waals surface area contributed by atoms with Crippen molar-refractivity contribution in [2.45, 2.75) is 33.2 Å². The van der Waals surface area contributed by atoms with Crippen LogP contribution in [0.4, 0.5) is 0 Å². The predicted octanol–water partition coefficient (Wildman–Crippen LogP) is 1.94. The normalized spacial score (nSPS) is 24.7. The number of aryl methyl sites for hydroxylation is 1. The summed E-state index contributed by atoms with van der Waals surface area (Å²) in [5.41, 5.74) is 1.36. The number of amides is 1. The van der Waals surface area contributed by atoms with Crippen molar-refractivity contribution >= 4 is 11.9 Å². The standard InChI is InChI=1S/C15H21N3O/c1-10(2)9-16-14-17-13(19)15(4,18-14)12-7-5-6-11(3)8-12/h5-8,10H,9H2,1-4H3,(H2,16,17,18,19). The predicted molar refractivity (Wildman–Crippen MR) is 76.9 cm³/mol. The highest BCUT2D eigenvalue weighted by Gasteiger charge is 2.42. The van der Waals surface area contributed by atoms with Gasteiger partial charge >= 0.3 is 0 Å². The third kappa shape index (κ3) is 2.78. The van der Waals surface area contributed by atoms with Crippen LogP contribution in [0.1, 0.15) is 31.9 Å². The molecule has 0 bridgehead atoms. The molecule has 1 heterocycles. The number of carbonyl (C=O) groups is 1. The third-order valence-corrected chi connectivity index (χ3v) is 3.26. The molecule has 1 aromatic carbocycles. The van der Waals surface area contributed by atoms with Crippen LogP contribution in [0.5, 0.6) is 0 Å². The zero-order valence-electron chi connectivity index (χ0n) is 11.9. The van der Waals surface area contributed by atoms with E-state index in [4.69, 9.17) is 0 Å². The first kappa shape index (κ1) is 13.6. The van der Waals surface area contributed by atoms with Crippen LogP contribution in [-0.4, -0.2) is 18.4 Å². The summed E-state index contributed by atoms with van der Waals surface area (Å²) < 4.78 is 0. The Hall–Kier alpha value is -1.84. The van der Waals surface area contributed by atoms with Crippen molar-refractivity contribution in [2.24, 2.45) is 10.9 Å². The largest absolute Gasteiger partial charge is 0.338 e. The van der Waals surface area contributed by atoms with Gasteiger partial charge in [0.25, 0.3) is 5.91 Å². The first-order valence-corrected chi connectivity index (χ1v) is 6.63. The van der Waals surface area contributed by atoms with Gasteiger partial charge in [-0.2, -0.15) is 0 Å². The van der Waals surface area contributed by atoms with E-state index in [2.05, 4.69) is 29.5 Å². The Morgan fingerprint density at radius 3 is 2.74 bits per heavy atom. The molecule has 4 heteroatoms. The summed E-state index contributed by atoms with van der Waals surface area (Å²) in [5.74, 6) is 0.986. The molecule has 1 saturated heterocycles. The minimum absolute atomic E-state index is 0.0550. The van der Waals surface area contributed by atoms with E-state index >= 15 is 0 Å². The Balaban J connectivity index is 2.25. The van der Waals surface area contributed by atoms with Gasteiger partial charge in [-0.25, -0.2) is 0 Å². The van der Waals surface area contributed by atoms with Gasteiger partial charge in [0.15, 0.2) is 5.96 Å². The maximum atomic E-state index is 12.2. The molecule has 1 aromatic rings. The molecule has 4 nitrogen and oxygen atoms in total. The van der Waals surface area contributed by atoms with Gasteiger partial charge in [0.05, 0.1) is 0 Å². The molecular formula is C15H21N3O. The van der Waals surface area contributed by atoms with Crippen LogP contribution >= 0.6 is 0 Å². The number of aliphatic imine (C=N–C) groups is 1. The van der Waals surface area contributed by atoms with Crippen molar-refractivity contribution in [3.8, 4) is 0 Å². The molecule has 1 amide bonds. The highest BCUT2D eigenvalue weighted by molar-refractivity contribution is 6.09. The van der Waals surface area contributed by atoms with Crippen molar-refractivity contribution in [1.29, 1.82) is 0 Å². The van der Waals surface area contributed by atoms with Crippen LogP contribution in [0.2, 0.25) is 0 Å². The second-order valence-electron chi connectivity index (χ2n) is 5.66. The molecule has 0 aromatic heterocycles. The molecule has 0 saturated carbocycles. The zero-order valence-corrected chi connectivity index (χ0v) is 11.9. The van der Waals surface area contributed by atoms with E-state index in [0.717, 1.165) is 11.1 Å². The fourth-order valence-corrected chi connectivity index (χ4v) is 2.07. The van der Waals surface area contributed by atoms with Gasteiger partial charge in [0.2, 0.25) is 0 Å². The average molecular weight is 259 g/mol. The van der Waals surface area contributed by atoms with Crippen LogP contribution in [0, 0.1) is 12.8 Å². The lowest BCUT2D eigenvalue weighted by atomic mass is 9.91. The number of hydrogen-bond acceptors (Lipinski definition) is 2. The van der Waals surface area contributed by atoms with Gasteiger partial charge in [-0.3, -0.25) is 15.1 Å². The van der Waals surface area contributed by atoms with Crippen molar-refractivity contribution < 1.29 is 4.79 Å². The van der Waals surface area contributed by atoms with E-state index in [1.54, 1.807) is 0 Å². The molecule has 2 rings (SSSR count). The smallest absolute Gasteiger partial charge is 0.256 e. The third-order valence-electron chi connectivity index (χ3n) is 3.26. The van der Waals surface area contributed by atoms with E-state index in [1.165, 1.54) is 0 Å². The van der Waals surface area contributed by atoms with Crippen molar-refractivity contribution in [3.05, 3.63) is 35.4 Å². The van der Waals surface area contributed by atoms with Crippen LogP contribution in [0.3, 0.4) is 0 Å². The zero-order chi connectivity index (χ0) is 14.0. The molecule has 1 aliphatic rings. The van der Waals surface area contributed by atoms with Crippen LogP contribution < -0.4 is 10.6 Å². The van der Waals surface area contributed by atoms with Crippen LogP contribution in [0.15, 0.2) is 29.3 Å². The number of benzene rings is 1. The molecule has 1 unspecified atom stereocenters. The quantitative estimate of drug-likeness (QED) is 0.871. The highest BCUT2D eigenvalue weighted by Crippen LogP contribution is 2.24. The number of hydrogen-bond donors (Lipinski definition) is 2. The Bertz CT molecular complexity index is 522. The maximum absolute atomic E-state index is 12.2. The van der Waals surface area contributed by atoms with Gasteiger partial charge in [-0.15, -0.1) is 0 Å². The number of nitrogens with zero attached hydrogens (tertiary/aromatic N) is 1. The lowest BCUT2D eigenvalue weighted by molar-refractivity contribution is -0.123. The second kappa shape index (κ2) is 5.03. The summed E-state index contributed by atoms with van der Waals surface area (Å²) in [6, 6.07) is 7.98. The van der Waals surface area contributed by atoms with E-state index in [1.807, 2.05) is 38.1 Å². The minimum Gasteiger partial charge on any atom is -0.338 e. The van der Waals surface area contributed by atoms with Gasteiger partial charge < -0.3 is 5.32 Å². The maximum Gasteiger partial charge on any atom is 0.256 e. The first-order valence-electron chi connectivity index (χ1n) is 6.63.